The average molecular weight is 162 g/mol. The van der Waals surface area contributed by atoms with Crippen LogP contribution in [0.2, 0.25) is 0 Å². The summed E-state index contributed by atoms with van der Waals surface area (Å²) >= 11 is 0. The highest BCUT2D eigenvalue weighted by molar-refractivity contribution is 7.41. The first-order valence-electron chi connectivity index (χ1n) is 3.23. The molecule has 1 fully saturated rings. The number of hydrogen-bond donors (Lipinski definition) is 0. The third-order valence-corrected chi connectivity index (χ3v) is 2.13. The summed E-state index contributed by atoms with van der Waals surface area (Å²) in [6.07, 6.45) is 2.65. The van der Waals surface area contributed by atoms with Crippen molar-refractivity contribution < 1.29 is 13.6 Å². The van der Waals surface area contributed by atoms with E-state index >= 15 is 0 Å². The molecule has 1 heterocycles. The first-order chi connectivity index (χ1) is 4.93. The van der Waals surface area contributed by atoms with Crippen LogP contribution in [-0.4, -0.2) is 19.8 Å². The normalized spacial score (nSPS) is 20.8. The summed E-state index contributed by atoms with van der Waals surface area (Å²) in [6.45, 7) is 5.53. The Bertz CT molecular complexity index is 101. The number of rotatable bonds is 3. The van der Waals surface area contributed by atoms with E-state index in [0.717, 1.165) is 19.6 Å². The summed E-state index contributed by atoms with van der Waals surface area (Å²) in [5.74, 6) is 0. The van der Waals surface area contributed by atoms with Crippen molar-refractivity contribution in [2.24, 2.45) is 0 Å². The summed E-state index contributed by atoms with van der Waals surface area (Å²) in [5, 5.41) is 0. The Hall–Kier alpha value is 0.0500. The van der Waals surface area contributed by atoms with Gasteiger partial charge in [-0.15, -0.1) is 6.58 Å². The van der Waals surface area contributed by atoms with Crippen molar-refractivity contribution >= 4 is 8.60 Å². The van der Waals surface area contributed by atoms with Crippen LogP contribution in [0.5, 0.6) is 0 Å². The second-order valence-electron chi connectivity index (χ2n) is 1.83. The topological polar surface area (TPSA) is 27.7 Å². The summed E-state index contributed by atoms with van der Waals surface area (Å²) < 4.78 is 15.4. The van der Waals surface area contributed by atoms with Gasteiger partial charge in [0.2, 0.25) is 0 Å². The highest BCUT2D eigenvalue weighted by Crippen LogP contribution is 2.41. The lowest BCUT2D eigenvalue weighted by molar-refractivity contribution is 0.122. The second kappa shape index (κ2) is 4.80. The highest BCUT2D eigenvalue weighted by atomic mass is 31.2. The zero-order valence-corrected chi connectivity index (χ0v) is 6.68. The van der Waals surface area contributed by atoms with Gasteiger partial charge in [0.1, 0.15) is 0 Å². The van der Waals surface area contributed by atoms with Crippen molar-refractivity contribution in [3.8, 4) is 0 Å². The SMILES string of the molecule is C=CCOP1OCCCO1. The van der Waals surface area contributed by atoms with Crippen molar-refractivity contribution in [3.05, 3.63) is 12.7 Å². The van der Waals surface area contributed by atoms with Crippen molar-refractivity contribution in [2.45, 2.75) is 6.42 Å². The molecule has 0 atom stereocenters. The van der Waals surface area contributed by atoms with Gasteiger partial charge in [-0.25, -0.2) is 0 Å². The third-order valence-electron chi connectivity index (χ3n) is 0.980. The lowest BCUT2D eigenvalue weighted by atomic mass is 10.5. The van der Waals surface area contributed by atoms with Crippen LogP contribution in [0.15, 0.2) is 12.7 Å². The standard InChI is InChI=1S/C6H11O3P/c1-2-4-7-10-8-5-3-6-9-10/h2H,1,3-6H2. The molecule has 1 rings (SSSR count). The molecule has 0 spiro atoms. The van der Waals surface area contributed by atoms with Gasteiger partial charge in [0.25, 0.3) is 0 Å². The van der Waals surface area contributed by atoms with Crippen LogP contribution in [-0.2, 0) is 13.6 Å². The Morgan fingerprint density at radius 1 is 1.50 bits per heavy atom. The van der Waals surface area contributed by atoms with E-state index in [4.69, 9.17) is 13.6 Å². The van der Waals surface area contributed by atoms with Gasteiger partial charge in [-0.2, -0.15) is 0 Å². The van der Waals surface area contributed by atoms with E-state index in [-0.39, 0.29) is 0 Å². The maximum Gasteiger partial charge on any atom is 0.332 e. The van der Waals surface area contributed by atoms with E-state index < -0.39 is 8.60 Å². The molecule has 58 valence electrons. The smallest absolute Gasteiger partial charge is 0.312 e. The Kier molecular flexibility index (Phi) is 3.91. The van der Waals surface area contributed by atoms with Crippen molar-refractivity contribution in [1.29, 1.82) is 0 Å². The molecule has 0 amide bonds. The fourth-order valence-corrected chi connectivity index (χ4v) is 1.57. The molecule has 1 aliphatic rings. The molecule has 1 saturated heterocycles. The minimum Gasteiger partial charge on any atom is -0.312 e. The molecule has 0 unspecified atom stereocenters. The number of hydrogen-bond acceptors (Lipinski definition) is 3. The Balaban J connectivity index is 2.07. The second-order valence-corrected chi connectivity index (χ2v) is 3.05. The monoisotopic (exact) mass is 162 g/mol. The van der Waals surface area contributed by atoms with E-state index in [2.05, 4.69) is 6.58 Å². The Labute approximate surface area is 62.0 Å². The predicted molar refractivity (Wildman–Crippen MR) is 39.6 cm³/mol. The van der Waals surface area contributed by atoms with Gasteiger partial charge in [0.15, 0.2) is 0 Å². The fourth-order valence-electron chi connectivity index (χ4n) is 0.562. The molecule has 0 aromatic rings. The van der Waals surface area contributed by atoms with Crippen molar-refractivity contribution in [1.82, 2.24) is 0 Å². The van der Waals surface area contributed by atoms with Crippen LogP contribution in [0.3, 0.4) is 0 Å². The average Bonchev–Trinajstić information content (AvgIpc) is 2.03. The van der Waals surface area contributed by atoms with Gasteiger partial charge in [-0.1, -0.05) is 6.08 Å². The summed E-state index contributed by atoms with van der Waals surface area (Å²) in [4.78, 5) is 0. The van der Waals surface area contributed by atoms with Crippen LogP contribution in [0.25, 0.3) is 0 Å². The zero-order chi connectivity index (χ0) is 7.23. The molecule has 10 heavy (non-hydrogen) atoms. The Morgan fingerprint density at radius 3 is 2.80 bits per heavy atom. The molecule has 1 aliphatic heterocycles. The van der Waals surface area contributed by atoms with Crippen LogP contribution in [0.4, 0.5) is 0 Å². The van der Waals surface area contributed by atoms with Crippen molar-refractivity contribution in [3.63, 3.8) is 0 Å². The summed E-state index contributed by atoms with van der Waals surface area (Å²) in [5.41, 5.74) is 0. The van der Waals surface area contributed by atoms with Gasteiger partial charge >= 0.3 is 8.60 Å². The zero-order valence-electron chi connectivity index (χ0n) is 5.78. The predicted octanol–water partition coefficient (Wildman–Crippen LogP) is 1.85. The van der Waals surface area contributed by atoms with E-state index in [1.807, 2.05) is 0 Å². The fraction of sp³-hybridized carbons (Fsp3) is 0.667. The minimum absolute atomic E-state index is 0.506. The summed E-state index contributed by atoms with van der Waals surface area (Å²) in [7, 11) is -1.05. The minimum atomic E-state index is -1.05. The maximum absolute atomic E-state index is 5.15. The first-order valence-corrected chi connectivity index (χ1v) is 4.33. The van der Waals surface area contributed by atoms with Gasteiger partial charge < -0.3 is 13.6 Å². The molecular weight excluding hydrogens is 151 g/mol. The van der Waals surface area contributed by atoms with Gasteiger partial charge in [-0.3, -0.25) is 0 Å². The molecule has 3 nitrogen and oxygen atoms in total. The van der Waals surface area contributed by atoms with Crippen molar-refractivity contribution in [2.75, 3.05) is 19.8 Å². The van der Waals surface area contributed by atoms with Gasteiger partial charge in [0, 0.05) is 0 Å². The molecule has 0 aromatic heterocycles. The first kappa shape index (κ1) is 8.15. The largest absolute Gasteiger partial charge is 0.332 e. The van der Waals surface area contributed by atoms with Crippen LogP contribution >= 0.6 is 8.60 Å². The lowest BCUT2D eigenvalue weighted by Crippen LogP contribution is -2.06. The molecule has 0 aromatic carbocycles. The van der Waals surface area contributed by atoms with E-state index in [9.17, 15) is 0 Å². The molecule has 0 saturated carbocycles. The van der Waals surface area contributed by atoms with Crippen LogP contribution < -0.4 is 0 Å². The molecular formula is C6H11O3P. The summed E-state index contributed by atoms with van der Waals surface area (Å²) in [6, 6.07) is 0. The highest BCUT2D eigenvalue weighted by Gasteiger charge is 2.15. The quantitative estimate of drug-likeness (QED) is 0.468. The van der Waals surface area contributed by atoms with Gasteiger partial charge in [-0.05, 0) is 6.42 Å². The molecule has 0 N–H and O–H groups in total. The Morgan fingerprint density at radius 2 is 2.20 bits per heavy atom. The van der Waals surface area contributed by atoms with Crippen LogP contribution in [0, 0.1) is 0 Å². The van der Waals surface area contributed by atoms with E-state index in [1.54, 1.807) is 6.08 Å². The molecule has 0 bridgehead atoms. The van der Waals surface area contributed by atoms with Crippen LogP contribution in [0.1, 0.15) is 6.42 Å². The van der Waals surface area contributed by atoms with E-state index in [0.29, 0.717) is 6.61 Å². The molecule has 0 radical (unpaired) electrons. The maximum atomic E-state index is 5.15. The molecule has 4 heteroatoms. The van der Waals surface area contributed by atoms with E-state index in [1.165, 1.54) is 0 Å². The lowest BCUT2D eigenvalue weighted by Gasteiger charge is -2.19. The third kappa shape index (κ3) is 2.76. The molecule has 0 aliphatic carbocycles. The van der Waals surface area contributed by atoms with Gasteiger partial charge in [0.05, 0.1) is 19.8 Å².